The number of halogens is 1. The summed E-state index contributed by atoms with van der Waals surface area (Å²) in [5, 5.41) is 18.6. The number of hydrogen-bond acceptors (Lipinski definition) is 9. The van der Waals surface area contributed by atoms with Crippen LogP contribution in [-0.2, 0) is 16.1 Å². The van der Waals surface area contributed by atoms with Crippen LogP contribution in [0.2, 0.25) is 0 Å². The minimum absolute atomic E-state index is 0.0975. The molecule has 39 heavy (non-hydrogen) atoms. The summed E-state index contributed by atoms with van der Waals surface area (Å²) in [6.07, 6.45) is 2.36. The summed E-state index contributed by atoms with van der Waals surface area (Å²) in [6.45, 7) is 1.57. The van der Waals surface area contributed by atoms with Crippen molar-refractivity contribution >= 4 is 27.5 Å². The number of carbonyl (C=O) groups is 1. The van der Waals surface area contributed by atoms with Crippen LogP contribution in [0.4, 0.5) is 4.39 Å². The Morgan fingerprint density at radius 2 is 1.97 bits per heavy atom. The molecule has 1 aromatic carbocycles. The molecular formula is C25H27FN6O6S. The average Bonchev–Trinajstić information content (AvgIpc) is 3.65. The van der Waals surface area contributed by atoms with Gasteiger partial charge in [-0.1, -0.05) is 11.3 Å². The standard InChI is InChI=1S/C25H27FN6O6S/c1-14-20-22(35)31(17-6-9-29(2)21(17)34)25(36)30(24(20)39-23(14)32-27-7-8-28-32)13-19(38-11-10-33)16-12-15(26)4-5-18(16)37-3/h4-5,7-8,12,17,19,33H,6,9-11,13H2,1-3H3. The van der Waals surface area contributed by atoms with Gasteiger partial charge in [0.05, 0.1) is 44.6 Å². The molecule has 1 saturated heterocycles. The van der Waals surface area contributed by atoms with E-state index in [1.807, 2.05) is 0 Å². The molecule has 2 atom stereocenters. The summed E-state index contributed by atoms with van der Waals surface area (Å²) in [4.78, 5) is 43.9. The molecule has 12 nitrogen and oxygen atoms in total. The Kier molecular flexibility index (Phi) is 7.34. The SMILES string of the molecule is COc1ccc(F)cc1C(Cn1c(=O)n(C2CCN(C)C2=O)c(=O)c2c(C)c(-n3nccn3)sc21)OCCO. The first-order valence-electron chi connectivity index (χ1n) is 12.2. The van der Waals surface area contributed by atoms with E-state index in [4.69, 9.17) is 9.47 Å². The fourth-order valence-corrected chi connectivity index (χ4v) is 6.12. The number of rotatable bonds is 9. The van der Waals surface area contributed by atoms with Gasteiger partial charge in [0.15, 0.2) is 0 Å². The molecule has 2 unspecified atom stereocenters. The second-order valence-corrected chi connectivity index (χ2v) is 10.1. The Morgan fingerprint density at radius 1 is 1.23 bits per heavy atom. The number of ether oxygens (including phenoxy) is 2. The summed E-state index contributed by atoms with van der Waals surface area (Å²) >= 11 is 1.15. The Hall–Kier alpha value is -3.88. The number of likely N-dealkylation sites (tertiary alicyclic amines) is 1. The molecular weight excluding hydrogens is 531 g/mol. The maximum absolute atomic E-state index is 14.3. The first kappa shape index (κ1) is 26.7. The van der Waals surface area contributed by atoms with E-state index in [1.54, 1.807) is 14.0 Å². The van der Waals surface area contributed by atoms with Crippen molar-refractivity contribution in [3.05, 3.63) is 68.4 Å². The van der Waals surface area contributed by atoms with E-state index in [9.17, 15) is 23.9 Å². The summed E-state index contributed by atoms with van der Waals surface area (Å²) in [7, 11) is 3.05. The smallest absolute Gasteiger partial charge is 0.332 e. The number of aryl methyl sites for hydroxylation is 1. The zero-order valence-electron chi connectivity index (χ0n) is 21.5. The number of aliphatic hydroxyl groups excluding tert-OH is 1. The van der Waals surface area contributed by atoms with Gasteiger partial charge in [0.2, 0.25) is 5.91 Å². The maximum atomic E-state index is 14.3. The average molecular weight is 559 g/mol. The monoisotopic (exact) mass is 558 g/mol. The van der Waals surface area contributed by atoms with Crippen LogP contribution in [-0.4, -0.2) is 74.0 Å². The second kappa shape index (κ2) is 10.7. The third-order valence-electron chi connectivity index (χ3n) is 6.83. The lowest BCUT2D eigenvalue weighted by Gasteiger charge is -2.23. The van der Waals surface area contributed by atoms with Gasteiger partial charge in [0.25, 0.3) is 5.56 Å². The molecule has 4 heterocycles. The van der Waals surface area contributed by atoms with Crippen molar-refractivity contribution in [2.75, 3.05) is 33.9 Å². The number of thiophene rings is 1. The van der Waals surface area contributed by atoms with Gasteiger partial charge in [-0.3, -0.25) is 14.2 Å². The molecule has 206 valence electrons. The molecule has 0 bridgehead atoms. The summed E-state index contributed by atoms with van der Waals surface area (Å²) in [5.74, 6) is -0.542. The van der Waals surface area contributed by atoms with Gasteiger partial charge < -0.3 is 19.5 Å². The largest absolute Gasteiger partial charge is 0.496 e. The Labute approximate surface area is 225 Å². The van der Waals surface area contributed by atoms with Gasteiger partial charge in [-0.25, -0.2) is 13.8 Å². The molecule has 0 aliphatic carbocycles. The van der Waals surface area contributed by atoms with E-state index in [0.717, 1.165) is 15.9 Å². The molecule has 1 N–H and O–H groups in total. The van der Waals surface area contributed by atoms with Crippen molar-refractivity contribution < 1.29 is 23.8 Å². The zero-order chi connectivity index (χ0) is 27.8. The molecule has 1 aliphatic rings. The quantitative estimate of drug-likeness (QED) is 0.326. The number of methoxy groups -OCH3 is 1. The first-order chi connectivity index (χ1) is 18.8. The number of fused-ring (bicyclic) bond motifs is 1. The van der Waals surface area contributed by atoms with E-state index < -0.39 is 29.2 Å². The predicted molar refractivity (Wildman–Crippen MR) is 140 cm³/mol. The van der Waals surface area contributed by atoms with Crippen LogP contribution in [0.3, 0.4) is 0 Å². The fourth-order valence-electron chi connectivity index (χ4n) is 4.90. The molecule has 0 saturated carbocycles. The minimum atomic E-state index is -0.961. The molecule has 3 aromatic heterocycles. The lowest BCUT2D eigenvalue weighted by molar-refractivity contribution is -0.129. The van der Waals surface area contributed by atoms with E-state index in [0.29, 0.717) is 39.7 Å². The zero-order valence-corrected chi connectivity index (χ0v) is 22.4. The molecule has 1 aliphatic heterocycles. The molecule has 4 aromatic rings. The Balaban J connectivity index is 1.77. The lowest BCUT2D eigenvalue weighted by Crippen LogP contribution is -2.44. The number of nitrogens with zero attached hydrogens (tertiary/aromatic N) is 6. The number of carbonyl (C=O) groups excluding carboxylic acids is 1. The predicted octanol–water partition coefficient (Wildman–Crippen LogP) is 1.41. The lowest BCUT2D eigenvalue weighted by atomic mass is 10.1. The van der Waals surface area contributed by atoms with Gasteiger partial charge in [-0.2, -0.15) is 10.2 Å². The summed E-state index contributed by atoms with van der Waals surface area (Å²) in [6, 6.07) is 2.97. The maximum Gasteiger partial charge on any atom is 0.332 e. The molecule has 14 heteroatoms. The van der Waals surface area contributed by atoms with E-state index in [2.05, 4.69) is 10.2 Å². The highest BCUT2D eigenvalue weighted by molar-refractivity contribution is 7.21. The van der Waals surface area contributed by atoms with Gasteiger partial charge in [0, 0.05) is 24.7 Å². The van der Waals surface area contributed by atoms with Gasteiger partial charge in [-0.05, 0) is 31.5 Å². The third kappa shape index (κ3) is 4.64. The first-order valence-corrected chi connectivity index (χ1v) is 13.0. The molecule has 0 radical (unpaired) electrons. The molecule has 0 spiro atoms. The van der Waals surface area contributed by atoms with Crippen LogP contribution in [0.1, 0.15) is 29.7 Å². The second-order valence-electron chi connectivity index (χ2n) is 9.13. The van der Waals surface area contributed by atoms with Crippen molar-refractivity contribution in [2.45, 2.75) is 32.0 Å². The van der Waals surface area contributed by atoms with Crippen molar-refractivity contribution in [1.82, 2.24) is 29.0 Å². The number of benzene rings is 1. The van der Waals surface area contributed by atoms with Crippen LogP contribution in [0.25, 0.3) is 15.2 Å². The van der Waals surface area contributed by atoms with Gasteiger partial charge in [-0.15, -0.1) is 4.80 Å². The van der Waals surface area contributed by atoms with Crippen LogP contribution in [0.5, 0.6) is 5.75 Å². The van der Waals surface area contributed by atoms with Crippen molar-refractivity contribution in [2.24, 2.45) is 0 Å². The van der Waals surface area contributed by atoms with Crippen LogP contribution >= 0.6 is 11.3 Å². The number of amides is 1. The fraction of sp³-hybridized carbons (Fsp3) is 0.400. The van der Waals surface area contributed by atoms with Crippen molar-refractivity contribution in [3.63, 3.8) is 0 Å². The molecule has 1 fully saturated rings. The number of likely N-dealkylation sites (N-methyl/N-ethyl adjacent to an activating group) is 1. The highest BCUT2D eigenvalue weighted by Gasteiger charge is 2.35. The minimum Gasteiger partial charge on any atom is -0.496 e. The van der Waals surface area contributed by atoms with Crippen molar-refractivity contribution in [3.8, 4) is 10.8 Å². The van der Waals surface area contributed by atoms with E-state index >= 15 is 0 Å². The Bertz CT molecular complexity index is 1650. The Morgan fingerprint density at radius 3 is 2.62 bits per heavy atom. The van der Waals surface area contributed by atoms with E-state index in [-0.39, 0.29) is 31.1 Å². The van der Waals surface area contributed by atoms with Crippen molar-refractivity contribution in [1.29, 1.82) is 0 Å². The van der Waals surface area contributed by atoms with Crippen LogP contribution < -0.4 is 16.0 Å². The molecule has 5 rings (SSSR count). The normalized spacial score (nSPS) is 16.4. The highest BCUT2D eigenvalue weighted by Crippen LogP contribution is 2.34. The highest BCUT2D eigenvalue weighted by atomic mass is 32.1. The summed E-state index contributed by atoms with van der Waals surface area (Å²) < 4.78 is 28.0. The number of aromatic nitrogens is 5. The van der Waals surface area contributed by atoms with Gasteiger partial charge >= 0.3 is 5.69 Å². The van der Waals surface area contributed by atoms with Crippen LogP contribution in [0.15, 0.2) is 40.2 Å². The topological polar surface area (TPSA) is 134 Å². The third-order valence-corrected chi connectivity index (χ3v) is 8.11. The number of hydrogen-bond donors (Lipinski definition) is 1. The van der Waals surface area contributed by atoms with E-state index in [1.165, 1.54) is 52.0 Å². The van der Waals surface area contributed by atoms with Gasteiger partial charge in [0.1, 0.15) is 33.5 Å². The number of aliphatic hydroxyl groups is 1. The summed E-state index contributed by atoms with van der Waals surface area (Å²) in [5.41, 5.74) is -0.408. The molecule has 1 amide bonds. The van der Waals surface area contributed by atoms with Crippen LogP contribution in [0, 0.1) is 12.7 Å².